The highest BCUT2D eigenvalue weighted by Gasteiger charge is 2.26. The summed E-state index contributed by atoms with van der Waals surface area (Å²) in [6, 6.07) is 11.6. The number of thioether (sulfide) groups is 1. The second kappa shape index (κ2) is 7.20. The van der Waals surface area contributed by atoms with Crippen LogP contribution in [0.2, 0.25) is 0 Å². The van der Waals surface area contributed by atoms with Crippen LogP contribution in [-0.2, 0) is 0 Å². The molecule has 1 aliphatic carbocycles. The number of hydrogen-bond acceptors (Lipinski definition) is 2. The van der Waals surface area contributed by atoms with E-state index in [2.05, 4.69) is 61.3 Å². The first-order chi connectivity index (χ1) is 8.81. The molecule has 0 radical (unpaired) electrons. The SMILES string of the molecule is CCSC1CCCC1NCC(C)c1ccccc1. The van der Waals surface area contributed by atoms with Gasteiger partial charge in [0.1, 0.15) is 0 Å². The van der Waals surface area contributed by atoms with Gasteiger partial charge in [-0.05, 0) is 30.1 Å². The van der Waals surface area contributed by atoms with Crippen LogP contribution in [0.1, 0.15) is 44.6 Å². The Bertz CT molecular complexity index is 338. The van der Waals surface area contributed by atoms with Crippen LogP contribution in [0.5, 0.6) is 0 Å². The molecule has 0 spiro atoms. The Morgan fingerprint density at radius 2 is 2.06 bits per heavy atom. The molecule has 3 atom stereocenters. The smallest absolute Gasteiger partial charge is 0.0201 e. The van der Waals surface area contributed by atoms with Crippen LogP contribution in [0, 0.1) is 0 Å². The summed E-state index contributed by atoms with van der Waals surface area (Å²) in [7, 11) is 0. The van der Waals surface area contributed by atoms with Gasteiger partial charge in [-0.1, -0.05) is 50.6 Å². The van der Waals surface area contributed by atoms with E-state index < -0.39 is 0 Å². The number of hydrogen-bond donors (Lipinski definition) is 1. The van der Waals surface area contributed by atoms with Crippen LogP contribution in [0.3, 0.4) is 0 Å². The highest BCUT2D eigenvalue weighted by atomic mass is 32.2. The van der Waals surface area contributed by atoms with Gasteiger partial charge in [-0.25, -0.2) is 0 Å². The molecule has 0 heterocycles. The summed E-state index contributed by atoms with van der Waals surface area (Å²) in [6.45, 7) is 5.70. The van der Waals surface area contributed by atoms with E-state index in [1.807, 2.05) is 0 Å². The molecule has 1 saturated carbocycles. The zero-order valence-electron chi connectivity index (χ0n) is 11.6. The molecule has 18 heavy (non-hydrogen) atoms. The Morgan fingerprint density at radius 1 is 1.28 bits per heavy atom. The number of benzene rings is 1. The van der Waals surface area contributed by atoms with Gasteiger partial charge < -0.3 is 5.32 Å². The van der Waals surface area contributed by atoms with Crippen molar-refractivity contribution in [2.45, 2.75) is 50.3 Å². The fourth-order valence-electron chi connectivity index (χ4n) is 2.80. The van der Waals surface area contributed by atoms with E-state index >= 15 is 0 Å². The molecule has 1 aromatic rings. The fourth-order valence-corrected chi connectivity index (χ4v) is 4.03. The standard InChI is InChI=1S/C16H25NS/c1-3-18-16-11-7-10-15(16)17-12-13(2)14-8-5-4-6-9-14/h4-6,8-9,13,15-17H,3,7,10-12H2,1-2H3. The summed E-state index contributed by atoms with van der Waals surface area (Å²) in [5.74, 6) is 1.86. The molecule has 1 aromatic carbocycles. The summed E-state index contributed by atoms with van der Waals surface area (Å²) in [5, 5.41) is 4.64. The van der Waals surface area contributed by atoms with E-state index in [0.29, 0.717) is 5.92 Å². The Balaban J connectivity index is 1.80. The topological polar surface area (TPSA) is 12.0 Å². The van der Waals surface area contributed by atoms with Crippen molar-refractivity contribution >= 4 is 11.8 Å². The number of rotatable bonds is 6. The summed E-state index contributed by atoms with van der Waals surface area (Å²) in [5.41, 5.74) is 1.45. The third-order valence-electron chi connectivity index (χ3n) is 3.89. The first kappa shape index (κ1) is 14.0. The predicted molar refractivity (Wildman–Crippen MR) is 82.4 cm³/mol. The van der Waals surface area contributed by atoms with E-state index in [9.17, 15) is 0 Å². The lowest BCUT2D eigenvalue weighted by atomic mass is 10.0. The van der Waals surface area contributed by atoms with Gasteiger partial charge in [0.2, 0.25) is 0 Å². The molecule has 3 unspecified atom stereocenters. The maximum atomic E-state index is 3.79. The normalized spacial score (nSPS) is 25.2. The summed E-state index contributed by atoms with van der Waals surface area (Å²) >= 11 is 2.13. The minimum Gasteiger partial charge on any atom is -0.312 e. The zero-order chi connectivity index (χ0) is 12.8. The zero-order valence-corrected chi connectivity index (χ0v) is 12.4. The lowest BCUT2D eigenvalue weighted by Gasteiger charge is -2.22. The van der Waals surface area contributed by atoms with Gasteiger partial charge in [0.15, 0.2) is 0 Å². The van der Waals surface area contributed by atoms with E-state index in [-0.39, 0.29) is 0 Å². The quantitative estimate of drug-likeness (QED) is 0.831. The maximum absolute atomic E-state index is 3.79. The van der Waals surface area contributed by atoms with Crippen LogP contribution >= 0.6 is 11.8 Å². The molecule has 0 bridgehead atoms. The third-order valence-corrected chi connectivity index (χ3v) is 5.21. The average Bonchev–Trinajstić information content (AvgIpc) is 2.85. The van der Waals surface area contributed by atoms with Crippen molar-refractivity contribution in [3.05, 3.63) is 35.9 Å². The van der Waals surface area contributed by atoms with Crippen LogP contribution in [-0.4, -0.2) is 23.6 Å². The van der Waals surface area contributed by atoms with E-state index in [1.165, 1.54) is 30.6 Å². The van der Waals surface area contributed by atoms with E-state index in [0.717, 1.165) is 17.8 Å². The van der Waals surface area contributed by atoms with Gasteiger partial charge in [-0.2, -0.15) is 11.8 Å². The van der Waals surface area contributed by atoms with Crippen molar-refractivity contribution in [3.63, 3.8) is 0 Å². The van der Waals surface area contributed by atoms with Crippen molar-refractivity contribution in [2.75, 3.05) is 12.3 Å². The van der Waals surface area contributed by atoms with Gasteiger partial charge in [-0.15, -0.1) is 0 Å². The van der Waals surface area contributed by atoms with Gasteiger partial charge in [0.25, 0.3) is 0 Å². The van der Waals surface area contributed by atoms with Crippen LogP contribution in [0.15, 0.2) is 30.3 Å². The second-order valence-corrected chi connectivity index (χ2v) is 6.77. The van der Waals surface area contributed by atoms with Gasteiger partial charge in [-0.3, -0.25) is 0 Å². The van der Waals surface area contributed by atoms with Crippen molar-refractivity contribution < 1.29 is 0 Å². The van der Waals surface area contributed by atoms with Crippen LogP contribution in [0.4, 0.5) is 0 Å². The molecular weight excluding hydrogens is 238 g/mol. The number of nitrogens with one attached hydrogen (secondary N) is 1. The fraction of sp³-hybridized carbons (Fsp3) is 0.625. The molecule has 1 nitrogen and oxygen atoms in total. The van der Waals surface area contributed by atoms with Gasteiger partial charge in [0, 0.05) is 17.8 Å². The Morgan fingerprint density at radius 3 is 2.78 bits per heavy atom. The molecular formula is C16H25NS. The van der Waals surface area contributed by atoms with Crippen LogP contribution in [0.25, 0.3) is 0 Å². The lowest BCUT2D eigenvalue weighted by molar-refractivity contribution is 0.506. The predicted octanol–water partition coefficient (Wildman–Crippen LogP) is 4.05. The van der Waals surface area contributed by atoms with Crippen molar-refractivity contribution in [1.29, 1.82) is 0 Å². The van der Waals surface area contributed by atoms with E-state index in [4.69, 9.17) is 0 Å². The van der Waals surface area contributed by atoms with Crippen LogP contribution < -0.4 is 5.32 Å². The maximum Gasteiger partial charge on any atom is 0.0201 e. The molecule has 0 aromatic heterocycles. The van der Waals surface area contributed by atoms with E-state index in [1.54, 1.807) is 0 Å². The molecule has 1 aliphatic rings. The van der Waals surface area contributed by atoms with Crippen molar-refractivity contribution in [2.24, 2.45) is 0 Å². The molecule has 2 heteroatoms. The Hall–Kier alpha value is -0.470. The van der Waals surface area contributed by atoms with Crippen molar-refractivity contribution in [1.82, 2.24) is 5.32 Å². The highest BCUT2D eigenvalue weighted by Crippen LogP contribution is 2.30. The average molecular weight is 263 g/mol. The highest BCUT2D eigenvalue weighted by molar-refractivity contribution is 7.99. The molecule has 2 rings (SSSR count). The third kappa shape index (κ3) is 3.76. The molecule has 1 N–H and O–H groups in total. The molecule has 0 amide bonds. The molecule has 1 fully saturated rings. The first-order valence-electron chi connectivity index (χ1n) is 7.21. The minimum absolute atomic E-state index is 0.610. The minimum atomic E-state index is 0.610. The molecule has 100 valence electrons. The first-order valence-corrected chi connectivity index (χ1v) is 8.26. The monoisotopic (exact) mass is 263 g/mol. The Labute approximate surface area is 116 Å². The Kier molecular flexibility index (Phi) is 5.58. The lowest BCUT2D eigenvalue weighted by Crippen LogP contribution is -2.36. The molecule has 0 aliphatic heterocycles. The summed E-state index contributed by atoms with van der Waals surface area (Å²) in [6.07, 6.45) is 4.16. The van der Waals surface area contributed by atoms with Gasteiger partial charge in [0.05, 0.1) is 0 Å². The largest absolute Gasteiger partial charge is 0.312 e. The molecule has 0 saturated heterocycles. The van der Waals surface area contributed by atoms with Gasteiger partial charge >= 0.3 is 0 Å². The second-order valence-electron chi connectivity index (χ2n) is 5.25. The summed E-state index contributed by atoms with van der Waals surface area (Å²) in [4.78, 5) is 0. The van der Waals surface area contributed by atoms with Crippen molar-refractivity contribution in [3.8, 4) is 0 Å². The summed E-state index contributed by atoms with van der Waals surface area (Å²) < 4.78 is 0.